The van der Waals surface area contributed by atoms with E-state index in [9.17, 15) is 0 Å². The highest BCUT2D eigenvalue weighted by molar-refractivity contribution is 5.63. The fourth-order valence-corrected chi connectivity index (χ4v) is 2.88. The lowest BCUT2D eigenvalue weighted by Crippen LogP contribution is -2.38. The summed E-state index contributed by atoms with van der Waals surface area (Å²) in [6.45, 7) is 7.28. The van der Waals surface area contributed by atoms with Gasteiger partial charge in [0.1, 0.15) is 5.82 Å². The Balaban J connectivity index is 1.91. The van der Waals surface area contributed by atoms with E-state index >= 15 is 0 Å². The first-order valence-electron chi connectivity index (χ1n) is 7.44. The van der Waals surface area contributed by atoms with Crippen molar-refractivity contribution in [2.45, 2.75) is 39.2 Å². The lowest BCUT2D eigenvalue weighted by atomic mass is 10.2. The number of fused-ring (bicyclic) bond motifs is 1. The van der Waals surface area contributed by atoms with E-state index < -0.39 is 0 Å². The average molecular weight is 274 g/mol. The van der Waals surface area contributed by atoms with E-state index in [4.69, 9.17) is 0 Å². The summed E-state index contributed by atoms with van der Waals surface area (Å²) in [6.07, 6.45) is 7.37. The smallest absolute Gasteiger partial charge is 0.203 e. The summed E-state index contributed by atoms with van der Waals surface area (Å²) in [5, 5.41) is 12.0. The van der Waals surface area contributed by atoms with Gasteiger partial charge in [-0.15, -0.1) is 10.2 Å². The van der Waals surface area contributed by atoms with Crippen LogP contribution >= 0.6 is 0 Å². The predicted molar refractivity (Wildman–Crippen MR) is 79.0 cm³/mol. The number of nitrogens with zero attached hydrogens (tertiary/aromatic N) is 5. The van der Waals surface area contributed by atoms with Crippen molar-refractivity contribution < 1.29 is 0 Å². The van der Waals surface area contributed by atoms with Crippen LogP contribution < -0.4 is 10.2 Å². The Kier molecular flexibility index (Phi) is 3.82. The molecule has 1 N–H and O–H groups in total. The molecule has 1 aliphatic heterocycles. The molecule has 0 radical (unpaired) electrons. The van der Waals surface area contributed by atoms with Crippen molar-refractivity contribution in [3.63, 3.8) is 0 Å². The van der Waals surface area contributed by atoms with E-state index in [0.29, 0.717) is 6.04 Å². The van der Waals surface area contributed by atoms with Gasteiger partial charge in [0.15, 0.2) is 5.82 Å². The maximum atomic E-state index is 4.56. The van der Waals surface area contributed by atoms with Gasteiger partial charge < -0.3 is 10.2 Å². The first-order valence-corrected chi connectivity index (χ1v) is 7.44. The molecule has 0 aromatic carbocycles. The maximum absolute atomic E-state index is 4.56. The predicted octanol–water partition coefficient (Wildman–Crippen LogP) is 1.40. The lowest BCUT2D eigenvalue weighted by Gasteiger charge is -2.26. The topological polar surface area (TPSA) is 58.4 Å². The largest absolute Gasteiger partial charge is 0.352 e. The molecule has 1 aliphatic rings. The molecule has 0 saturated carbocycles. The number of aryl methyl sites for hydroxylation is 1. The number of hydrogen-bond acceptors (Lipinski definition) is 5. The molecular weight excluding hydrogens is 252 g/mol. The minimum atomic E-state index is 0.563. The van der Waals surface area contributed by atoms with Crippen molar-refractivity contribution in [1.29, 1.82) is 0 Å². The number of rotatable bonds is 5. The van der Waals surface area contributed by atoms with Gasteiger partial charge >= 0.3 is 0 Å². The van der Waals surface area contributed by atoms with Crippen LogP contribution in [0.25, 0.3) is 5.65 Å². The fraction of sp³-hybridized carbons (Fsp3) is 0.643. The first-order chi connectivity index (χ1) is 9.79. The molecular formula is C14H22N6. The van der Waals surface area contributed by atoms with Crippen molar-refractivity contribution in [1.82, 2.24) is 24.9 Å². The van der Waals surface area contributed by atoms with Crippen LogP contribution in [0.4, 0.5) is 5.82 Å². The van der Waals surface area contributed by atoms with Gasteiger partial charge in [0, 0.05) is 31.5 Å². The minimum Gasteiger partial charge on any atom is -0.352 e. The minimum absolute atomic E-state index is 0.563. The Morgan fingerprint density at radius 1 is 1.45 bits per heavy atom. The Bertz CT molecular complexity index is 572. The van der Waals surface area contributed by atoms with E-state index in [1.807, 2.05) is 23.7 Å². The summed E-state index contributed by atoms with van der Waals surface area (Å²) in [5.41, 5.74) is 0.858. The molecule has 1 unspecified atom stereocenters. The molecule has 6 heteroatoms. The third-order valence-electron chi connectivity index (χ3n) is 3.88. The molecule has 3 heterocycles. The second-order valence-electron chi connectivity index (χ2n) is 5.43. The van der Waals surface area contributed by atoms with Gasteiger partial charge in [-0.25, -0.2) is 4.98 Å². The summed E-state index contributed by atoms with van der Waals surface area (Å²) in [7, 11) is 0. The molecule has 20 heavy (non-hydrogen) atoms. The van der Waals surface area contributed by atoms with Crippen LogP contribution in [0.2, 0.25) is 0 Å². The average Bonchev–Trinajstić information content (AvgIpc) is 3.09. The van der Waals surface area contributed by atoms with E-state index in [2.05, 4.69) is 32.3 Å². The second-order valence-corrected chi connectivity index (χ2v) is 5.43. The van der Waals surface area contributed by atoms with Crippen molar-refractivity contribution in [3.05, 3.63) is 18.2 Å². The van der Waals surface area contributed by atoms with Crippen LogP contribution in [-0.2, 0) is 0 Å². The molecule has 2 aromatic heterocycles. The number of anilines is 1. The van der Waals surface area contributed by atoms with Gasteiger partial charge in [0.25, 0.3) is 0 Å². The molecule has 3 rings (SSSR count). The molecule has 0 spiro atoms. The highest BCUT2D eigenvalue weighted by atomic mass is 15.3. The molecule has 108 valence electrons. The van der Waals surface area contributed by atoms with E-state index in [-0.39, 0.29) is 0 Å². The van der Waals surface area contributed by atoms with Gasteiger partial charge in [-0.3, -0.25) is 4.40 Å². The Labute approximate surface area is 119 Å². The molecule has 0 aliphatic carbocycles. The fourth-order valence-electron chi connectivity index (χ4n) is 2.88. The standard InChI is InChI=1S/C14H22N6/c1-3-8-19(10-12-5-4-6-15-12)13-14-18-17-11(2)20(14)9-7-16-13/h7,9,12,15H,3-6,8,10H2,1-2H3. The van der Waals surface area contributed by atoms with Gasteiger partial charge in [0.2, 0.25) is 5.65 Å². The molecule has 1 saturated heterocycles. The summed E-state index contributed by atoms with van der Waals surface area (Å²) < 4.78 is 2.01. The second kappa shape index (κ2) is 5.75. The van der Waals surface area contributed by atoms with Crippen molar-refractivity contribution in [3.8, 4) is 0 Å². The van der Waals surface area contributed by atoms with Crippen LogP contribution in [0.1, 0.15) is 32.0 Å². The number of hydrogen-bond donors (Lipinski definition) is 1. The molecule has 1 atom stereocenters. The quantitative estimate of drug-likeness (QED) is 0.893. The van der Waals surface area contributed by atoms with E-state index in [1.54, 1.807) is 0 Å². The molecule has 1 fully saturated rings. The van der Waals surface area contributed by atoms with Crippen molar-refractivity contribution >= 4 is 11.5 Å². The van der Waals surface area contributed by atoms with Crippen molar-refractivity contribution in [2.75, 3.05) is 24.5 Å². The molecule has 6 nitrogen and oxygen atoms in total. The van der Waals surface area contributed by atoms with Gasteiger partial charge in [-0.05, 0) is 32.7 Å². The Morgan fingerprint density at radius 2 is 2.35 bits per heavy atom. The van der Waals surface area contributed by atoms with Gasteiger partial charge in [-0.1, -0.05) is 6.92 Å². The third-order valence-corrected chi connectivity index (χ3v) is 3.88. The normalized spacial score (nSPS) is 18.8. The number of aromatic nitrogens is 4. The summed E-state index contributed by atoms with van der Waals surface area (Å²) >= 11 is 0. The van der Waals surface area contributed by atoms with Crippen molar-refractivity contribution in [2.24, 2.45) is 0 Å². The first kappa shape index (κ1) is 13.3. The van der Waals surface area contributed by atoms with Crippen LogP contribution in [0.5, 0.6) is 0 Å². The molecule has 0 bridgehead atoms. The van der Waals surface area contributed by atoms with E-state index in [0.717, 1.165) is 43.3 Å². The third kappa shape index (κ3) is 2.47. The Morgan fingerprint density at radius 3 is 3.10 bits per heavy atom. The highest BCUT2D eigenvalue weighted by Crippen LogP contribution is 2.19. The van der Waals surface area contributed by atoms with Crippen LogP contribution in [0.15, 0.2) is 12.4 Å². The van der Waals surface area contributed by atoms with Gasteiger partial charge in [0.05, 0.1) is 0 Å². The van der Waals surface area contributed by atoms with Gasteiger partial charge in [-0.2, -0.15) is 0 Å². The van der Waals surface area contributed by atoms with Crippen LogP contribution in [0.3, 0.4) is 0 Å². The monoisotopic (exact) mass is 274 g/mol. The number of nitrogens with one attached hydrogen (secondary N) is 1. The lowest BCUT2D eigenvalue weighted by molar-refractivity contribution is 0.575. The summed E-state index contributed by atoms with van der Waals surface area (Å²) in [5.74, 6) is 1.85. The molecule has 0 amide bonds. The zero-order valence-corrected chi connectivity index (χ0v) is 12.2. The SMILES string of the molecule is CCCN(CC1CCCN1)c1nccn2c(C)nnc12. The summed E-state index contributed by atoms with van der Waals surface area (Å²) in [6, 6.07) is 0.563. The van der Waals surface area contributed by atoms with E-state index in [1.165, 1.54) is 12.8 Å². The zero-order valence-electron chi connectivity index (χ0n) is 12.2. The maximum Gasteiger partial charge on any atom is 0.203 e. The highest BCUT2D eigenvalue weighted by Gasteiger charge is 2.21. The zero-order chi connectivity index (χ0) is 13.9. The summed E-state index contributed by atoms with van der Waals surface area (Å²) in [4.78, 5) is 6.90. The van der Waals surface area contributed by atoms with Crippen LogP contribution in [-0.4, -0.2) is 45.3 Å². The van der Waals surface area contributed by atoms with Crippen LogP contribution in [0, 0.1) is 6.92 Å². The Hall–Kier alpha value is -1.69. The molecule has 2 aromatic rings.